The zero-order chi connectivity index (χ0) is 20.6. The molecule has 7 heteroatoms. The van der Waals surface area contributed by atoms with E-state index in [1.54, 1.807) is 19.1 Å². The van der Waals surface area contributed by atoms with Crippen molar-refractivity contribution in [2.75, 3.05) is 18.5 Å². The smallest absolute Gasteiger partial charge is 0.344 e. The summed E-state index contributed by atoms with van der Waals surface area (Å²) in [7, 11) is 0. The second-order valence-electron chi connectivity index (χ2n) is 6.31. The lowest BCUT2D eigenvalue weighted by Gasteiger charge is -2.13. The normalized spacial score (nSPS) is 17.1. The number of aryl methyl sites for hydroxylation is 1. The van der Waals surface area contributed by atoms with Gasteiger partial charge in [0.15, 0.2) is 12.1 Å². The van der Waals surface area contributed by atoms with Crippen molar-refractivity contribution in [3.8, 4) is 5.75 Å². The number of carbonyl (C=O) groups is 2. The molecule has 0 spiro atoms. The Labute approximate surface area is 174 Å². The van der Waals surface area contributed by atoms with E-state index < -0.39 is 5.97 Å². The second-order valence-corrected chi connectivity index (χ2v) is 7.45. The molecule has 0 aromatic heterocycles. The highest BCUT2D eigenvalue weighted by atomic mass is 32.2. The lowest BCUT2D eigenvalue weighted by Crippen LogP contribution is -2.30. The quantitative estimate of drug-likeness (QED) is 0.507. The molecule has 3 rings (SSSR count). The number of hydrogen-bond donors (Lipinski definition) is 2. The molecule has 29 heavy (non-hydrogen) atoms. The first kappa shape index (κ1) is 20.8. The third-order valence-electron chi connectivity index (χ3n) is 4.25. The van der Waals surface area contributed by atoms with Crippen molar-refractivity contribution in [3.63, 3.8) is 0 Å². The van der Waals surface area contributed by atoms with Gasteiger partial charge in [-0.25, -0.2) is 4.79 Å². The lowest BCUT2D eigenvalue weighted by molar-refractivity contribution is -0.145. The maximum absolute atomic E-state index is 12.4. The average molecular weight is 413 g/mol. The van der Waals surface area contributed by atoms with Gasteiger partial charge in [0.05, 0.1) is 11.5 Å². The molecule has 2 aromatic rings. The van der Waals surface area contributed by atoms with Gasteiger partial charge >= 0.3 is 5.97 Å². The molecule has 1 aliphatic rings. The highest BCUT2D eigenvalue weighted by Gasteiger charge is 2.27. The molecular formula is C22H24N2O4S. The Hall–Kier alpha value is -2.93. The largest absolute Gasteiger partial charge is 0.481 e. The van der Waals surface area contributed by atoms with E-state index in [9.17, 15) is 9.59 Å². The molecule has 0 radical (unpaired) electrons. The fraction of sp³-hybridized carbons (Fsp3) is 0.273. The summed E-state index contributed by atoms with van der Waals surface area (Å²) >= 11 is 1.40. The zero-order valence-corrected chi connectivity index (χ0v) is 17.3. The van der Waals surface area contributed by atoms with Crippen LogP contribution in [0.3, 0.4) is 0 Å². The Morgan fingerprint density at radius 1 is 1.17 bits per heavy atom. The van der Waals surface area contributed by atoms with E-state index in [0.29, 0.717) is 17.3 Å². The van der Waals surface area contributed by atoms with Gasteiger partial charge in [0.1, 0.15) is 5.75 Å². The predicted molar refractivity (Wildman–Crippen MR) is 116 cm³/mol. The summed E-state index contributed by atoms with van der Waals surface area (Å²) in [5.74, 6) is -0.0628. The summed E-state index contributed by atoms with van der Waals surface area (Å²) in [4.78, 5) is 24.5. The van der Waals surface area contributed by atoms with Crippen molar-refractivity contribution >= 4 is 35.4 Å². The van der Waals surface area contributed by atoms with Gasteiger partial charge in [0.2, 0.25) is 0 Å². The summed E-state index contributed by atoms with van der Waals surface area (Å²) in [6.45, 7) is 3.99. The molecule has 1 aliphatic heterocycles. The lowest BCUT2D eigenvalue weighted by atomic mass is 10.1. The molecule has 1 atom stereocenters. The topological polar surface area (TPSA) is 76.7 Å². The average Bonchev–Trinajstić information content (AvgIpc) is 3.07. The van der Waals surface area contributed by atoms with Crippen LogP contribution in [0.25, 0.3) is 6.08 Å². The number of carbonyl (C=O) groups excluding carboxylic acids is 2. The zero-order valence-electron chi connectivity index (χ0n) is 16.4. The minimum absolute atomic E-state index is 0.155. The second kappa shape index (κ2) is 10.0. The molecule has 1 saturated heterocycles. The van der Waals surface area contributed by atoms with Crippen LogP contribution in [0.1, 0.15) is 25.0 Å². The van der Waals surface area contributed by atoms with Crippen LogP contribution in [0, 0.1) is 0 Å². The van der Waals surface area contributed by atoms with Crippen LogP contribution in [0.4, 0.5) is 5.69 Å². The van der Waals surface area contributed by atoms with E-state index >= 15 is 0 Å². The molecule has 0 unspecified atom stereocenters. The molecule has 0 bridgehead atoms. The number of para-hydroxylation sites is 1. The van der Waals surface area contributed by atoms with Gasteiger partial charge < -0.3 is 20.1 Å². The summed E-state index contributed by atoms with van der Waals surface area (Å²) in [6, 6.07) is 15.4. The van der Waals surface area contributed by atoms with Crippen LogP contribution in [0.5, 0.6) is 5.75 Å². The fourth-order valence-electron chi connectivity index (χ4n) is 2.77. The van der Waals surface area contributed by atoms with Gasteiger partial charge in [-0.15, -0.1) is 0 Å². The van der Waals surface area contributed by atoms with E-state index in [2.05, 4.69) is 29.7 Å². The molecule has 0 aliphatic carbocycles. The molecule has 6 nitrogen and oxygen atoms in total. The summed E-state index contributed by atoms with van der Waals surface area (Å²) in [6.07, 6.45) is 2.75. The number of anilines is 1. The molecule has 1 fully saturated rings. The van der Waals surface area contributed by atoms with Crippen molar-refractivity contribution in [2.24, 2.45) is 0 Å². The summed E-state index contributed by atoms with van der Waals surface area (Å²) in [5, 5.41) is 6.22. The van der Waals surface area contributed by atoms with E-state index in [0.717, 1.165) is 17.7 Å². The highest BCUT2D eigenvalue weighted by Crippen LogP contribution is 2.32. The fourth-order valence-corrected chi connectivity index (χ4v) is 3.74. The Balaban J connectivity index is 1.67. The van der Waals surface area contributed by atoms with Crippen molar-refractivity contribution in [3.05, 3.63) is 64.6 Å². The van der Waals surface area contributed by atoms with Gasteiger partial charge in [0, 0.05) is 11.3 Å². The Kier molecular flexibility index (Phi) is 7.19. The highest BCUT2D eigenvalue weighted by molar-refractivity contribution is 8.05. The third kappa shape index (κ3) is 5.77. The third-order valence-corrected chi connectivity index (χ3v) is 5.28. The van der Waals surface area contributed by atoms with Crippen LogP contribution in [-0.4, -0.2) is 30.6 Å². The van der Waals surface area contributed by atoms with E-state index in [4.69, 9.17) is 9.47 Å². The van der Waals surface area contributed by atoms with Gasteiger partial charge in [-0.3, -0.25) is 4.79 Å². The van der Waals surface area contributed by atoms with Crippen LogP contribution >= 0.6 is 11.8 Å². The number of rotatable bonds is 8. The maximum atomic E-state index is 12.4. The first-order valence-electron chi connectivity index (χ1n) is 9.51. The van der Waals surface area contributed by atoms with Crippen LogP contribution in [0.2, 0.25) is 0 Å². The number of esters is 1. The minimum atomic E-state index is -0.429. The number of thioether (sulfide) groups is 1. The van der Waals surface area contributed by atoms with E-state index in [1.807, 2.05) is 30.3 Å². The molecule has 2 N–H and O–H groups in total. The molecule has 1 amide bonds. The maximum Gasteiger partial charge on any atom is 0.344 e. The van der Waals surface area contributed by atoms with Gasteiger partial charge in [0.25, 0.3) is 5.91 Å². The first-order valence-corrected chi connectivity index (χ1v) is 10.4. The number of benzene rings is 2. The van der Waals surface area contributed by atoms with Gasteiger partial charge in [-0.1, -0.05) is 49.0 Å². The molecule has 2 aromatic carbocycles. The molecule has 152 valence electrons. The molecular weight excluding hydrogens is 388 g/mol. The van der Waals surface area contributed by atoms with Crippen molar-refractivity contribution in [2.45, 2.75) is 25.8 Å². The Morgan fingerprint density at radius 3 is 2.66 bits per heavy atom. The first-order chi connectivity index (χ1) is 14.1. The number of nitrogens with one attached hydrogen (secondary N) is 2. The number of amides is 1. The van der Waals surface area contributed by atoms with Crippen molar-refractivity contribution in [1.82, 2.24) is 5.32 Å². The van der Waals surface area contributed by atoms with Crippen LogP contribution < -0.4 is 15.4 Å². The Morgan fingerprint density at radius 2 is 1.93 bits per heavy atom. The van der Waals surface area contributed by atoms with Crippen molar-refractivity contribution < 1.29 is 19.1 Å². The standard InChI is InChI=1S/C22H24N2O4S/c1-3-15-9-11-17(12-10-15)23-22-24-21(26)19(29-22)13-16-7-5-6-8-18(16)28-14-20(25)27-4-2/h5-13,22-23H,3-4,14H2,1-2H3,(H,24,26)/b19-13-/t22-/m0/s1. The Bertz CT molecular complexity index is 896. The van der Waals surface area contributed by atoms with Crippen molar-refractivity contribution in [1.29, 1.82) is 0 Å². The molecule has 0 saturated carbocycles. The SMILES string of the molecule is CCOC(=O)COc1ccccc1/C=C1\S[C@@H](Nc2ccc(CC)cc2)NC1=O. The van der Waals surface area contributed by atoms with Crippen LogP contribution in [0.15, 0.2) is 53.4 Å². The van der Waals surface area contributed by atoms with E-state index in [-0.39, 0.29) is 18.0 Å². The number of hydrogen-bond acceptors (Lipinski definition) is 6. The van der Waals surface area contributed by atoms with Gasteiger partial charge in [-0.05, 0) is 43.2 Å². The minimum Gasteiger partial charge on any atom is -0.481 e. The summed E-state index contributed by atoms with van der Waals surface area (Å²) < 4.78 is 10.4. The van der Waals surface area contributed by atoms with Gasteiger partial charge in [-0.2, -0.15) is 0 Å². The monoisotopic (exact) mass is 412 g/mol. The molecule has 1 heterocycles. The van der Waals surface area contributed by atoms with E-state index in [1.165, 1.54) is 17.3 Å². The van der Waals surface area contributed by atoms with Crippen LogP contribution in [-0.2, 0) is 20.7 Å². The predicted octanol–water partition coefficient (Wildman–Crippen LogP) is 3.79. The summed E-state index contributed by atoms with van der Waals surface area (Å²) in [5.41, 5.74) is 2.68. The number of ether oxygens (including phenoxy) is 2.